The molecule has 0 aliphatic heterocycles. The van der Waals surface area contributed by atoms with E-state index in [4.69, 9.17) is 4.03 Å². The van der Waals surface area contributed by atoms with Crippen molar-refractivity contribution < 1.29 is 61.5 Å². The van der Waals surface area contributed by atoms with E-state index in [-0.39, 0.29) is 39.7 Å². The van der Waals surface area contributed by atoms with Gasteiger partial charge in [0.15, 0.2) is 0 Å². The van der Waals surface area contributed by atoms with Crippen LogP contribution in [0.3, 0.4) is 0 Å². The van der Waals surface area contributed by atoms with Crippen molar-refractivity contribution in [2.45, 2.75) is 0 Å². The van der Waals surface area contributed by atoms with E-state index < -0.39 is 0 Å². The molecule has 1 N–H and O–H groups in total. The summed E-state index contributed by atoms with van der Waals surface area (Å²) in [5.74, 6) is 0. The summed E-state index contributed by atoms with van der Waals surface area (Å²) in [7, 11) is 0. The monoisotopic (exact) mass is 213 g/mol. The summed E-state index contributed by atoms with van der Waals surface area (Å²) in [6, 6.07) is 0. The second-order valence-electron chi connectivity index (χ2n) is 0. The predicted molar refractivity (Wildman–Crippen MR) is 2.22 cm³/mol. The van der Waals surface area contributed by atoms with E-state index in [1.165, 1.54) is 17.8 Å². The topological polar surface area (TPSA) is 20.2 Å². The van der Waals surface area contributed by atoms with Crippen LogP contribution < -0.4 is 0 Å². The van der Waals surface area contributed by atoms with Crippen LogP contribution in [0.2, 0.25) is 0 Å². The Morgan fingerprint density at radius 1 is 1.25 bits per heavy atom. The summed E-state index contributed by atoms with van der Waals surface area (Å²) in [4.78, 5) is 0. The second-order valence-corrected chi connectivity index (χ2v) is 0. The number of rotatable bonds is 0. The van der Waals surface area contributed by atoms with Crippen LogP contribution in [0.15, 0.2) is 0 Å². The van der Waals surface area contributed by atoms with Crippen LogP contribution in [-0.2, 0) is 57.5 Å². The SMILES string of the molecule is [Cr].[Nb].[OH][V]. The average molecular weight is 213 g/mol. The van der Waals surface area contributed by atoms with Crippen molar-refractivity contribution in [3.05, 3.63) is 0 Å². The van der Waals surface area contributed by atoms with Crippen LogP contribution in [0.1, 0.15) is 0 Å². The summed E-state index contributed by atoms with van der Waals surface area (Å²) in [6.07, 6.45) is 0. The van der Waals surface area contributed by atoms with E-state index in [0.29, 0.717) is 0 Å². The first-order valence-corrected chi connectivity index (χ1v) is 0.825. The quantitative estimate of drug-likeness (QED) is 0.534. The summed E-state index contributed by atoms with van der Waals surface area (Å²) in [5, 5.41) is 0. The van der Waals surface area contributed by atoms with E-state index in [1.807, 2.05) is 0 Å². The van der Waals surface area contributed by atoms with Gasteiger partial charge < -0.3 is 0 Å². The van der Waals surface area contributed by atoms with Gasteiger partial charge in [0.05, 0.1) is 0 Å². The Bertz CT molecular complexity index is 8.00. The van der Waals surface area contributed by atoms with Gasteiger partial charge in [-0.1, -0.05) is 0 Å². The van der Waals surface area contributed by atoms with Gasteiger partial charge in [0.2, 0.25) is 0 Å². The fraction of sp³-hybridized carbons (Fsp3) is 0. The zero-order valence-electron chi connectivity index (χ0n) is 1.75. The molecule has 23 valence electrons. The van der Waals surface area contributed by atoms with Crippen molar-refractivity contribution in [2.75, 3.05) is 0 Å². The zero-order chi connectivity index (χ0) is 2.00. The molecule has 4 heteroatoms. The van der Waals surface area contributed by atoms with Crippen LogP contribution in [0.5, 0.6) is 0 Å². The molecule has 0 fully saturated rings. The van der Waals surface area contributed by atoms with Gasteiger partial charge in [-0.05, 0) is 0 Å². The summed E-state index contributed by atoms with van der Waals surface area (Å²) in [5.41, 5.74) is 0. The Morgan fingerprint density at radius 2 is 1.25 bits per heavy atom. The summed E-state index contributed by atoms with van der Waals surface area (Å²) in [6.45, 7) is 0. The van der Waals surface area contributed by atoms with E-state index >= 15 is 0 Å². The molecule has 4 heavy (non-hydrogen) atoms. The van der Waals surface area contributed by atoms with Gasteiger partial charge in [0.1, 0.15) is 0 Å². The molecule has 0 aliphatic rings. The molecule has 0 aromatic rings. The van der Waals surface area contributed by atoms with Gasteiger partial charge in [0, 0.05) is 39.7 Å². The second kappa shape index (κ2) is 21.3. The molecule has 0 unspecified atom stereocenters. The molecule has 0 saturated carbocycles. The van der Waals surface area contributed by atoms with Crippen molar-refractivity contribution in [3.8, 4) is 0 Å². The molecular weight excluding hydrogens is 212 g/mol. The molecule has 0 heterocycles. The third-order valence-electron chi connectivity index (χ3n) is 0. The van der Waals surface area contributed by atoms with E-state index in [0.717, 1.165) is 0 Å². The fourth-order valence-corrected chi connectivity index (χ4v) is 0. The van der Waals surface area contributed by atoms with Gasteiger partial charge in [-0.3, -0.25) is 0 Å². The molecule has 0 aliphatic carbocycles. The Balaban J connectivity index is -0.00000000500. The van der Waals surface area contributed by atoms with Crippen LogP contribution in [-0.4, -0.2) is 4.03 Å². The van der Waals surface area contributed by atoms with Gasteiger partial charge in [-0.15, -0.1) is 0 Å². The Labute approximate surface area is 61.1 Å². The summed E-state index contributed by atoms with van der Waals surface area (Å²) < 4.78 is 6.94. The molecule has 0 amide bonds. The maximum absolute atomic E-state index is 6.94. The molecule has 0 bridgehead atoms. The van der Waals surface area contributed by atoms with Crippen molar-refractivity contribution in [3.63, 3.8) is 0 Å². The first-order valence-electron chi connectivity index (χ1n) is 0.200. The zero-order valence-corrected chi connectivity index (χ0v) is 6.62. The van der Waals surface area contributed by atoms with Gasteiger partial charge >= 0.3 is 21.8 Å². The molecule has 0 aromatic carbocycles. The van der Waals surface area contributed by atoms with Gasteiger partial charge in [0.25, 0.3) is 0 Å². The number of hydrogen-bond acceptors (Lipinski definition) is 1. The number of hydrogen-bond donors (Lipinski definition) is 1. The van der Waals surface area contributed by atoms with Crippen molar-refractivity contribution in [2.24, 2.45) is 0 Å². The average Bonchev–Trinajstić information content (AvgIpc) is 1.00. The Kier molecular flexibility index (Phi) is 90.4. The Hall–Kier alpha value is 1.82. The van der Waals surface area contributed by atoms with Crippen LogP contribution in [0, 0.1) is 0 Å². The molecule has 1 radical (unpaired) electrons. The molecule has 0 atom stereocenters. The van der Waals surface area contributed by atoms with Crippen molar-refractivity contribution >= 4 is 0 Å². The van der Waals surface area contributed by atoms with Gasteiger partial charge in [-0.25, -0.2) is 0 Å². The Morgan fingerprint density at radius 3 is 1.25 bits per heavy atom. The van der Waals surface area contributed by atoms with Crippen LogP contribution >= 0.6 is 0 Å². The first-order chi connectivity index (χ1) is 1.00. The van der Waals surface area contributed by atoms with E-state index in [2.05, 4.69) is 0 Å². The van der Waals surface area contributed by atoms with Gasteiger partial charge in [-0.2, -0.15) is 0 Å². The first kappa shape index (κ1) is 17.0. The minimum absolute atomic E-state index is 0. The van der Waals surface area contributed by atoms with E-state index in [1.54, 1.807) is 0 Å². The minimum atomic E-state index is 0. The van der Waals surface area contributed by atoms with Crippen molar-refractivity contribution in [1.29, 1.82) is 0 Å². The normalized spacial score (nSPS) is 1.25. The molecule has 0 saturated heterocycles. The predicted octanol–water partition coefficient (Wildman–Crippen LogP) is -0.565. The molecule has 0 aromatic heterocycles. The third-order valence-corrected chi connectivity index (χ3v) is 0. The van der Waals surface area contributed by atoms with Crippen LogP contribution in [0.4, 0.5) is 0 Å². The third kappa shape index (κ3) is 9.17. The van der Waals surface area contributed by atoms with Crippen LogP contribution in [0.25, 0.3) is 0 Å². The van der Waals surface area contributed by atoms with E-state index in [9.17, 15) is 0 Å². The standard InChI is InChI=1S/Cr.Nb.H2O.V/h;;1H2;/q;;;+1/p-1. The van der Waals surface area contributed by atoms with Crippen molar-refractivity contribution in [1.82, 2.24) is 0 Å². The molecule has 0 rings (SSSR count). The summed E-state index contributed by atoms with van der Waals surface area (Å²) >= 11 is 1.31. The molecular formula is HCrNbOV. The maximum atomic E-state index is 6.94. The molecule has 0 spiro atoms. The molecule has 1 nitrogen and oxygen atoms in total. The fourth-order valence-electron chi connectivity index (χ4n) is 0.